The van der Waals surface area contributed by atoms with Crippen LogP contribution in [0.15, 0.2) is 18.2 Å². The fourth-order valence-corrected chi connectivity index (χ4v) is 1.33. The van der Waals surface area contributed by atoms with Gasteiger partial charge in [-0.2, -0.15) is 0 Å². The monoisotopic (exact) mass is 227 g/mol. The lowest BCUT2D eigenvalue weighted by Gasteiger charge is -2.14. The standard InChI is InChI=1S/C11H14FNO3/c1-13(11(14)15)6-5-8-7-9(12)3-4-10(8)16-2/h3-4,7H,5-6H2,1-2H3,(H,14,15). The predicted octanol–water partition coefficient (Wildman–Crippen LogP) is 1.99. The summed E-state index contributed by atoms with van der Waals surface area (Å²) in [6.45, 7) is 0.301. The molecular weight excluding hydrogens is 213 g/mol. The third-order valence-corrected chi connectivity index (χ3v) is 2.29. The van der Waals surface area contributed by atoms with Crippen LogP contribution in [0.5, 0.6) is 5.75 Å². The van der Waals surface area contributed by atoms with E-state index in [1.165, 1.54) is 32.4 Å². The Kier molecular flexibility index (Phi) is 4.10. The number of halogens is 1. The van der Waals surface area contributed by atoms with E-state index in [4.69, 9.17) is 9.84 Å². The van der Waals surface area contributed by atoms with Crippen molar-refractivity contribution in [2.24, 2.45) is 0 Å². The van der Waals surface area contributed by atoms with E-state index in [0.29, 0.717) is 24.3 Å². The van der Waals surface area contributed by atoms with Gasteiger partial charge in [0.25, 0.3) is 0 Å². The van der Waals surface area contributed by atoms with Crippen LogP contribution < -0.4 is 4.74 Å². The maximum atomic E-state index is 13.0. The molecule has 0 unspecified atom stereocenters. The summed E-state index contributed by atoms with van der Waals surface area (Å²) in [6, 6.07) is 4.20. The first-order chi connectivity index (χ1) is 7.54. The molecule has 0 fully saturated rings. The van der Waals surface area contributed by atoms with Crippen LogP contribution in [0.25, 0.3) is 0 Å². The number of carbonyl (C=O) groups is 1. The Morgan fingerprint density at radius 2 is 2.25 bits per heavy atom. The summed E-state index contributed by atoms with van der Waals surface area (Å²) in [5, 5.41) is 8.66. The summed E-state index contributed by atoms with van der Waals surface area (Å²) in [7, 11) is 2.96. The molecule has 0 aliphatic rings. The second-order valence-electron chi connectivity index (χ2n) is 3.41. The minimum Gasteiger partial charge on any atom is -0.496 e. The minimum atomic E-state index is -1.00. The highest BCUT2D eigenvalue weighted by molar-refractivity contribution is 5.64. The minimum absolute atomic E-state index is 0.301. The first-order valence-corrected chi connectivity index (χ1v) is 4.81. The van der Waals surface area contributed by atoms with Crippen LogP contribution in [0.2, 0.25) is 0 Å². The summed E-state index contributed by atoms with van der Waals surface area (Å²) >= 11 is 0. The molecule has 1 amide bonds. The Morgan fingerprint density at radius 3 is 2.81 bits per heavy atom. The lowest BCUT2D eigenvalue weighted by Crippen LogP contribution is -2.26. The van der Waals surface area contributed by atoms with Gasteiger partial charge in [0.05, 0.1) is 7.11 Å². The van der Waals surface area contributed by atoms with E-state index < -0.39 is 6.09 Å². The van der Waals surface area contributed by atoms with Crippen LogP contribution in [0.1, 0.15) is 5.56 Å². The van der Waals surface area contributed by atoms with Gasteiger partial charge in [0.1, 0.15) is 11.6 Å². The zero-order valence-electron chi connectivity index (χ0n) is 9.24. The summed E-state index contributed by atoms with van der Waals surface area (Å²) < 4.78 is 18.0. The van der Waals surface area contributed by atoms with Gasteiger partial charge in [0.2, 0.25) is 0 Å². The molecular formula is C11H14FNO3. The normalized spacial score (nSPS) is 9.94. The highest BCUT2D eigenvalue weighted by atomic mass is 19.1. The van der Waals surface area contributed by atoms with E-state index in [-0.39, 0.29) is 5.82 Å². The van der Waals surface area contributed by atoms with Crippen LogP contribution in [0.4, 0.5) is 9.18 Å². The molecule has 0 saturated heterocycles. The summed E-state index contributed by atoms with van der Waals surface area (Å²) in [5.74, 6) is 0.217. The molecule has 0 radical (unpaired) electrons. The predicted molar refractivity (Wildman–Crippen MR) is 57.3 cm³/mol. The summed E-state index contributed by atoms with van der Waals surface area (Å²) in [4.78, 5) is 11.7. The van der Waals surface area contributed by atoms with Crippen LogP contribution in [-0.2, 0) is 6.42 Å². The largest absolute Gasteiger partial charge is 0.496 e. The molecule has 0 bridgehead atoms. The number of hydrogen-bond donors (Lipinski definition) is 1. The van der Waals surface area contributed by atoms with Gasteiger partial charge in [-0.25, -0.2) is 9.18 Å². The van der Waals surface area contributed by atoms with Crippen LogP contribution in [-0.4, -0.2) is 36.8 Å². The number of methoxy groups -OCH3 is 1. The van der Waals surface area contributed by atoms with Crippen LogP contribution >= 0.6 is 0 Å². The van der Waals surface area contributed by atoms with Crippen molar-refractivity contribution in [2.75, 3.05) is 20.7 Å². The Hall–Kier alpha value is -1.78. The molecule has 0 aromatic heterocycles. The number of hydrogen-bond acceptors (Lipinski definition) is 2. The fraction of sp³-hybridized carbons (Fsp3) is 0.364. The van der Waals surface area contributed by atoms with Crippen molar-refractivity contribution in [3.05, 3.63) is 29.6 Å². The van der Waals surface area contributed by atoms with Crippen molar-refractivity contribution in [1.82, 2.24) is 4.90 Å². The van der Waals surface area contributed by atoms with Crippen LogP contribution in [0.3, 0.4) is 0 Å². The topological polar surface area (TPSA) is 49.8 Å². The SMILES string of the molecule is COc1ccc(F)cc1CCN(C)C(=O)O. The Bertz CT molecular complexity index is 381. The third-order valence-electron chi connectivity index (χ3n) is 2.29. The Labute approximate surface area is 93.3 Å². The fourth-order valence-electron chi connectivity index (χ4n) is 1.33. The highest BCUT2D eigenvalue weighted by Gasteiger charge is 2.09. The van der Waals surface area contributed by atoms with Crippen molar-refractivity contribution in [3.8, 4) is 5.75 Å². The number of likely N-dealkylation sites (N-methyl/N-ethyl adjacent to an activating group) is 1. The van der Waals surface area contributed by atoms with Crippen molar-refractivity contribution < 1.29 is 19.0 Å². The summed E-state index contributed by atoms with van der Waals surface area (Å²) in [5.41, 5.74) is 0.663. The smallest absolute Gasteiger partial charge is 0.407 e. The maximum Gasteiger partial charge on any atom is 0.407 e. The first-order valence-electron chi connectivity index (χ1n) is 4.81. The maximum absolute atomic E-state index is 13.0. The molecule has 0 spiro atoms. The molecule has 0 aliphatic carbocycles. The molecule has 16 heavy (non-hydrogen) atoms. The Morgan fingerprint density at radius 1 is 1.56 bits per heavy atom. The van der Waals surface area contributed by atoms with Gasteiger partial charge in [0.15, 0.2) is 0 Å². The third kappa shape index (κ3) is 3.12. The van der Waals surface area contributed by atoms with Crippen molar-refractivity contribution in [1.29, 1.82) is 0 Å². The average Bonchev–Trinajstić information content (AvgIpc) is 2.25. The van der Waals surface area contributed by atoms with E-state index in [1.54, 1.807) is 0 Å². The molecule has 1 N–H and O–H groups in total. The van der Waals surface area contributed by atoms with Crippen LogP contribution in [0, 0.1) is 5.82 Å². The van der Waals surface area contributed by atoms with E-state index in [9.17, 15) is 9.18 Å². The van der Waals surface area contributed by atoms with E-state index in [2.05, 4.69) is 0 Å². The molecule has 88 valence electrons. The molecule has 1 aromatic rings. The van der Waals surface area contributed by atoms with Gasteiger partial charge in [-0.15, -0.1) is 0 Å². The molecule has 1 aromatic carbocycles. The summed E-state index contributed by atoms with van der Waals surface area (Å²) in [6.07, 6.45) is -0.584. The van der Waals surface area contributed by atoms with Crippen molar-refractivity contribution >= 4 is 6.09 Å². The van der Waals surface area contributed by atoms with Gasteiger partial charge in [-0.1, -0.05) is 0 Å². The number of benzene rings is 1. The number of rotatable bonds is 4. The van der Waals surface area contributed by atoms with E-state index in [1.807, 2.05) is 0 Å². The number of amides is 1. The molecule has 0 saturated carbocycles. The molecule has 1 rings (SSSR count). The average molecular weight is 227 g/mol. The Balaban J connectivity index is 2.72. The van der Waals surface area contributed by atoms with Gasteiger partial charge in [-0.3, -0.25) is 0 Å². The molecule has 4 nitrogen and oxygen atoms in total. The van der Waals surface area contributed by atoms with E-state index in [0.717, 1.165) is 4.90 Å². The second-order valence-corrected chi connectivity index (χ2v) is 3.41. The van der Waals surface area contributed by atoms with Gasteiger partial charge in [0, 0.05) is 13.6 Å². The van der Waals surface area contributed by atoms with Gasteiger partial charge < -0.3 is 14.7 Å². The molecule has 5 heteroatoms. The number of nitrogens with zero attached hydrogens (tertiary/aromatic N) is 1. The zero-order chi connectivity index (χ0) is 12.1. The highest BCUT2D eigenvalue weighted by Crippen LogP contribution is 2.19. The molecule has 0 aliphatic heterocycles. The lowest BCUT2D eigenvalue weighted by atomic mass is 10.1. The van der Waals surface area contributed by atoms with E-state index >= 15 is 0 Å². The van der Waals surface area contributed by atoms with Crippen molar-refractivity contribution in [2.45, 2.75) is 6.42 Å². The number of ether oxygens (including phenoxy) is 1. The van der Waals surface area contributed by atoms with Gasteiger partial charge >= 0.3 is 6.09 Å². The zero-order valence-corrected chi connectivity index (χ0v) is 9.24. The first kappa shape index (κ1) is 12.3. The van der Waals surface area contributed by atoms with Gasteiger partial charge in [-0.05, 0) is 30.2 Å². The number of carboxylic acid groups (broad SMARTS) is 1. The molecule has 0 atom stereocenters. The quantitative estimate of drug-likeness (QED) is 0.855. The second kappa shape index (κ2) is 5.34. The molecule has 0 heterocycles. The van der Waals surface area contributed by atoms with Crippen molar-refractivity contribution in [3.63, 3.8) is 0 Å². The lowest BCUT2D eigenvalue weighted by molar-refractivity contribution is 0.156.